The highest BCUT2D eigenvalue weighted by Crippen LogP contribution is 2.20. The molecule has 2 N–H and O–H groups in total. The van der Waals surface area contributed by atoms with Crippen LogP contribution in [0.2, 0.25) is 0 Å². The molecule has 3 aromatic rings. The first-order valence-corrected chi connectivity index (χ1v) is 8.78. The van der Waals surface area contributed by atoms with E-state index in [1.54, 1.807) is 50.5 Å². The maximum absolute atomic E-state index is 12.6. The molecule has 0 radical (unpaired) electrons. The molecule has 2 heterocycles. The summed E-state index contributed by atoms with van der Waals surface area (Å²) in [7, 11) is 1.71. The molecule has 2 aromatic heterocycles. The molecule has 0 aliphatic carbocycles. The highest BCUT2D eigenvalue weighted by molar-refractivity contribution is 6.03. The van der Waals surface area contributed by atoms with Crippen molar-refractivity contribution in [3.8, 4) is 0 Å². The van der Waals surface area contributed by atoms with Crippen LogP contribution in [0.1, 0.15) is 29.9 Å². The zero-order valence-corrected chi connectivity index (χ0v) is 15.8. The maximum atomic E-state index is 12.6. The standard InChI is InChI=1S/C18H19N7O4/c1-3-16(24-11-14(10-19-24)25(28)29)18(27)21-13-6-4-5-12(9-13)20-17(26)15-7-8-23(2)22-15/h4-11,16H,3H2,1-2H3,(H,20,26)(H,21,27). The topological polar surface area (TPSA) is 137 Å². The SMILES string of the molecule is CCC(C(=O)Nc1cccc(NC(=O)c2ccn(C)n2)c1)n1cc([N+](=O)[O-])cn1. The first-order chi connectivity index (χ1) is 13.9. The Bertz CT molecular complexity index is 1060. The summed E-state index contributed by atoms with van der Waals surface area (Å²) in [6, 6.07) is 7.53. The summed E-state index contributed by atoms with van der Waals surface area (Å²) in [5, 5.41) is 24.2. The van der Waals surface area contributed by atoms with Gasteiger partial charge in [-0.05, 0) is 30.7 Å². The number of aromatic nitrogens is 4. The molecule has 1 aromatic carbocycles. The van der Waals surface area contributed by atoms with Gasteiger partial charge in [0.05, 0.1) is 4.92 Å². The van der Waals surface area contributed by atoms with Crippen LogP contribution < -0.4 is 10.6 Å². The molecule has 11 heteroatoms. The second-order valence-corrected chi connectivity index (χ2v) is 6.26. The molecule has 0 saturated heterocycles. The number of hydrogen-bond acceptors (Lipinski definition) is 6. The zero-order chi connectivity index (χ0) is 21.0. The van der Waals surface area contributed by atoms with Gasteiger partial charge < -0.3 is 10.6 Å². The summed E-state index contributed by atoms with van der Waals surface area (Å²) in [6.45, 7) is 1.78. The molecular formula is C18H19N7O4. The lowest BCUT2D eigenvalue weighted by atomic mass is 10.2. The predicted octanol–water partition coefficient (Wildman–Crippen LogP) is 2.37. The number of carbonyl (C=O) groups excluding carboxylic acids is 2. The Morgan fingerprint density at radius 2 is 1.97 bits per heavy atom. The van der Waals surface area contributed by atoms with Crippen LogP contribution in [0.4, 0.5) is 17.1 Å². The number of anilines is 2. The normalized spacial score (nSPS) is 11.7. The van der Waals surface area contributed by atoms with Crippen molar-refractivity contribution in [1.82, 2.24) is 19.6 Å². The third-order valence-electron chi connectivity index (χ3n) is 4.14. The highest BCUT2D eigenvalue weighted by atomic mass is 16.6. The molecule has 1 unspecified atom stereocenters. The van der Waals surface area contributed by atoms with Gasteiger partial charge in [0, 0.05) is 24.6 Å². The van der Waals surface area contributed by atoms with Crippen LogP contribution in [-0.2, 0) is 11.8 Å². The minimum atomic E-state index is -0.713. The van der Waals surface area contributed by atoms with Gasteiger partial charge in [-0.25, -0.2) is 0 Å². The van der Waals surface area contributed by atoms with E-state index in [1.165, 1.54) is 15.6 Å². The van der Waals surface area contributed by atoms with Crippen molar-refractivity contribution >= 4 is 28.9 Å². The van der Waals surface area contributed by atoms with Crippen molar-refractivity contribution in [3.05, 3.63) is 64.7 Å². The molecular weight excluding hydrogens is 378 g/mol. The van der Waals surface area contributed by atoms with Crippen molar-refractivity contribution in [3.63, 3.8) is 0 Å². The van der Waals surface area contributed by atoms with Gasteiger partial charge in [-0.15, -0.1) is 0 Å². The highest BCUT2D eigenvalue weighted by Gasteiger charge is 2.22. The van der Waals surface area contributed by atoms with Crippen LogP contribution in [0.3, 0.4) is 0 Å². The van der Waals surface area contributed by atoms with Crippen LogP contribution >= 0.6 is 0 Å². The molecule has 0 aliphatic heterocycles. The third kappa shape index (κ3) is 4.64. The van der Waals surface area contributed by atoms with Crippen molar-refractivity contribution in [2.75, 3.05) is 10.6 Å². The van der Waals surface area contributed by atoms with Gasteiger partial charge in [0.15, 0.2) is 5.69 Å². The Balaban J connectivity index is 1.70. The average molecular weight is 397 g/mol. The number of benzene rings is 1. The van der Waals surface area contributed by atoms with Crippen LogP contribution in [0.5, 0.6) is 0 Å². The number of nitrogens with zero attached hydrogens (tertiary/aromatic N) is 5. The summed E-state index contributed by atoms with van der Waals surface area (Å²) in [6.07, 6.45) is 4.37. The maximum Gasteiger partial charge on any atom is 0.307 e. The summed E-state index contributed by atoms with van der Waals surface area (Å²) >= 11 is 0. The summed E-state index contributed by atoms with van der Waals surface area (Å²) < 4.78 is 2.79. The Kier molecular flexibility index (Phi) is 5.67. The van der Waals surface area contributed by atoms with Crippen molar-refractivity contribution in [1.29, 1.82) is 0 Å². The minimum Gasteiger partial charge on any atom is -0.324 e. The second kappa shape index (κ2) is 8.33. The first kappa shape index (κ1) is 19.7. The molecule has 29 heavy (non-hydrogen) atoms. The van der Waals surface area contributed by atoms with Gasteiger partial charge >= 0.3 is 5.69 Å². The molecule has 0 spiro atoms. The van der Waals surface area contributed by atoms with Crippen LogP contribution in [0.15, 0.2) is 48.9 Å². The number of hydrogen-bond donors (Lipinski definition) is 2. The monoisotopic (exact) mass is 397 g/mol. The first-order valence-electron chi connectivity index (χ1n) is 8.78. The largest absolute Gasteiger partial charge is 0.324 e. The molecule has 0 fully saturated rings. The van der Waals surface area contributed by atoms with Crippen molar-refractivity contribution < 1.29 is 14.5 Å². The smallest absolute Gasteiger partial charge is 0.307 e. The second-order valence-electron chi connectivity index (χ2n) is 6.26. The molecule has 150 valence electrons. The molecule has 2 amide bonds. The van der Waals surface area contributed by atoms with Gasteiger partial charge in [-0.3, -0.25) is 29.1 Å². The van der Waals surface area contributed by atoms with Crippen LogP contribution in [-0.4, -0.2) is 36.3 Å². The number of carbonyl (C=O) groups is 2. The van der Waals surface area contributed by atoms with Crippen molar-refractivity contribution in [2.45, 2.75) is 19.4 Å². The lowest BCUT2D eigenvalue weighted by Crippen LogP contribution is -2.26. The number of nitrogens with one attached hydrogen (secondary N) is 2. The fourth-order valence-corrected chi connectivity index (χ4v) is 2.72. The van der Waals surface area contributed by atoms with E-state index in [0.29, 0.717) is 17.8 Å². The molecule has 11 nitrogen and oxygen atoms in total. The molecule has 0 bridgehead atoms. The van der Waals surface area contributed by atoms with E-state index in [9.17, 15) is 19.7 Å². The lowest BCUT2D eigenvalue weighted by Gasteiger charge is -2.15. The third-order valence-corrected chi connectivity index (χ3v) is 4.14. The summed E-state index contributed by atoms with van der Waals surface area (Å²) in [4.78, 5) is 35.1. The minimum absolute atomic E-state index is 0.185. The van der Waals surface area contributed by atoms with Gasteiger partial charge in [0.25, 0.3) is 5.91 Å². The quantitative estimate of drug-likeness (QED) is 0.464. The fourth-order valence-electron chi connectivity index (χ4n) is 2.72. The van der Waals surface area contributed by atoms with E-state index in [2.05, 4.69) is 20.8 Å². The van der Waals surface area contributed by atoms with E-state index in [0.717, 1.165) is 6.20 Å². The van der Waals surface area contributed by atoms with Gasteiger partial charge in [-0.1, -0.05) is 13.0 Å². The number of rotatable bonds is 7. The Morgan fingerprint density at radius 3 is 2.55 bits per heavy atom. The van der Waals surface area contributed by atoms with E-state index in [1.807, 2.05) is 0 Å². The Labute approximate surface area is 165 Å². The molecule has 0 aliphatic rings. The molecule has 3 rings (SSSR count). The molecule has 0 saturated carbocycles. The average Bonchev–Trinajstić information content (AvgIpc) is 3.32. The van der Waals surface area contributed by atoms with Crippen LogP contribution in [0.25, 0.3) is 0 Å². The predicted molar refractivity (Wildman–Crippen MR) is 104 cm³/mol. The van der Waals surface area contributed by atoms with Gasteiger partial charge in [0.1, 0.15) is 18.4 Å². The van der Waals surface area contributed by atoms with E-state index < -0.39 is 11.0 Å². The Hall–Kier alpha value is -4.02. The Morgan fingerprint density at radius 1 is 1.24 bits per heavy atom. The summed E-state index contributed by atoms with van der Waals surface area (Å²) in [5.41, 5.74) is 1.04. The zero-order valence-electron chi connectivity index (χ0n) is 15.8. The lowest BCUT2D eigenvalue weighted by molar-refractivity contribution is -0.385. The molecule has 1 atom stereocenters. The fraction of sp³-hybridized carbons (Fsp3) is 0.222. The van der Waals surface area contributed by atoms with Crippen LogP contribution in [0, 0.1) is 10.1 Å². The number of aryl methyl sites for hydroxylation is 1. The summed E-state index contributed by atoms with van der Waals surface area (Å²) in [5.74, 6) is -0.747. The van der Waals surface area contributed by atoms with Gasteiger partial charge in [-0.2, -0.15) is 10.2 Å². The van der Waals surface area contributed by atoms with Crippen molar-refractivity contribution in [2.24, 2.45) is 7.05 Å². The van der Waals surface area contributed by atoms with Gasteiger partial charge in [0.2, 0.25) is 5.91 Å². The van der Waals surface area contributed by atoms with E-state index in [4.69, 9.17) is 0 Å². The number of amides is 2. The van der Waals surface area contributed by atoms with E-state index >= 15 is 0 Å². The number of nitro groups is 1. The van der Waals surface area contributed by atoms with E-state index in [-0.39, 0.29) is 23.2 Å².